The second-order valence-corrected chi connectivity index (χ2v) is 11.3. The maximum Gasteiger partial charge on any atom is 0.0946 e. The van der Waals surface area contributed by atoms with Crippen LogP contribution in [0.4, 0.5) is 0 Å². The Bertz CT molecular complexity index is 449. The summed E-state index contributed by atoms with van der Waals surface area (Å²) in [5.74, 6) is 1.33. The van der Waals surface area contributed by atoms with E-state index in [2.05, 4.69) is 53.1 Å². The first-order chi connectivity index (χ1) is 12.8. The fraction of sp³-hybridized carbons (Fsp3) is 0.864. The van der Waals surface area contributed by atoms with Crippen molar-refractivity contribution in [2.45, 2.75) is 113 Å². The molecule has 4 heteroatoms. The van der Waals surface area contributed by atoms with Crippen LogP contribution in [-0.2, 0) is 6.54 Å². The van der Waals surface area contributed by atoms with E-state index in [9.17, 15) is 0 Å². The van der Waals surface area contributed by atoms with Crippen molar-refractivity contribution in [3.8, 4) is 0 Å². The zero-order chi connectivity index (χ0) is 18.5. The van der Waals surface area contributed by atoms with Crippen LogP contribution in [0.1, 0.15) is 97.3 Å². The van der Waals surface area contributed by atoms with Crippen molar-refractivity contribution < 1.29 is 0 Å². The van der Waals surface area contributed by atoms with Gasteiger partial charge in [0.05, 0.1) is 10.4 Å². The van der Waals surface area contributed by atoms with E-state index < -0.39 is 0 Å². The van der Waals surface area contributed by atoms with Gasteiger partial charge >= 0.3 is 0 Å². The Balaban J connectivity index is 1.67. The number of aromatic nitrogens is 2. The summed E-state index contributed by atoms with van der Waals surface area (Å²) < 4.78 is 2.67. The highest BCUT2D eigenvalue weighted by Gasteiger charge is 2.37. The van der Waals surface area contributed by atoms with Gasteiger partial charge in [0.2, 0.25) is 0 Å². The molecule has 0 aliphatic carbocycles. The highest BCUT2D eigenvalue weighted by molar-refractivity contribution is 8.19. The third kappa shape index (κ3) is 8.29. The summed E-state index contributed by atoms with van der Waals surface area (Å²) >= 11 is 4.49. The summed E-state index contributed by atoms with van der Waals surface area (Å²) in [4.78, 5) is 4.26. The summed E-state index contributed by atoms with van der Waals surface area (Å²) in [7, 11) is 0. The van der Waals surface area contributed by atoms with E-state index in [1.165, 1.54) is 89.2 Å². The molecule has 0 spiro atoms. The van der Waals surface area contributed by atoms with Gasteiger partial charge in [-0.3, -0.25) is 0 Å². The number of thioether (sulfide) groups is 2. The summed E-state index contributed by atoms with van der Waals surface area (Å²) in [5.41, 5.74) is 0. The molecule has 1 aliphatic heterocycles. The zero-order valence-corrected chi connectivity index (χ0v) is 18.8. The number of hydrogen-bond acceptors (Lipinski definition) is 3. The molecule has 0 aromatic carbocycles. The van der Waals surface area contributed by atoms with Crippen LogP contribution in [0.25, 0.3) is 0 Å². The average Bonchev–Trinajstić information content (AvgIpc) is 3.16. The van der Waals surface area contributed by atoms with Crippen LogP contribution in [0.15, 0.2) is 18.7 Å². The second-order valence-electron chi connectivity index (χ2n) is 7.86. The normalized spacial score (nSPS) is 23.4. The molecule has 26 heavy (non-hydrogen) atoms. The molecule has 2 unspecified atom stereocenters. The number of hydrogen-bond donors (Lipinski definition) is 0. The quantitative estimate of drug-likeness (QED) is 0.302. The van der Waals surface area contributed by atoms with Gasteiger partial charge < -0.3 is 4.57 Å². The Hall–Kier alpha value is -0.0900. The van der Waals surface area contributed by atoms with Crippen molar-refractivity contribution in [1.29, 1.82) is 0 Å². The molecular formula is C22H40N2S2. The Morgan fingerprint density at radius 2 is 1.69 bits per heavy atom. The van der Waals surface area contributed by atoms with Crippen molar-refractivity contribution >= 4 is 23.5 Å². The summed E-state index contributed by atoms with van der Waals surface area (Å²) in [6, 6.07) is 0. The van der Waals surface area contributed by atoms with E-state index in [1.807, 2.05) is 12.5 Å². The molecule has 1 aromatic heterocycles. The SMILES string of the molecule is CCCCCCCCCCCCC1(Cn2ccnc2)SCCC(CC)S1. The number of unbranched alkanes of at least 4 members (excludes halogenated alkanes) is 9. The molecule has 150 valence electrons. The molecule has 1 aliphatic rings. The van der Waals surface area contributed by atoms with Gasteiger partial charge in [0.1, 0.15) is 0 Å². The van der Waals surface area contributed by atoms with Crippen molar-refractivity contribution in [2.75, 3.05) is 5.75 Å². The van der Waals surface area contributed by atoms with E-state index in [1.54, 1.807) is 0 Å². The van der Waals surface area contributed by atoms with Gasteiger partial charge in [-0.2, -0.15) is 0 Å². The fourth-order valence-electron chi connectivity index (χ4n) is 3.89. The van der Waals surface area contributed by atoms with Gasteiger partial charge in [0, 0.05) is 24.2 Å². The van der Waals surface area contributed by atoms with Gasteiger partial charge in [-0.15, -0.1) is 23.5 Å². The number of imidazole rings is 1. The van der Waals surface area contributed by atoms with Gasteiger partial charge in [-0.1, -0.05) is 78.1 Å². The maximum absolute atomic E-state index is 4.26. The third-order valence-electron chi connectivity index (χ3n) is 5.54. The summed E-state index contributed by atoms with van der Waals surface area (Å²) in [6.45, 7) is 5.78. The highest BCUT2D eigenvalue weighted by Crippen LogP contribution is 2.50. The second kappa shape index (κ2) is 13.1. The Labute approximate surface area is 170 Å². The zero-order valence-electron chi connectivity index (χ0n) is 17.1. The smallest absolute Gasteiger partial charge is 0.0946 e. The minimum absolute atomic E-state index is 0.375. The lowest BCUT2D eigenvalue weighted by atomic mass is 10.0. The fourth-order valence-corrected chi connectivity index (χ4v) is 7.77. The lowest BCUT2D eigenvalue weighted by Crippen LogP contribution is -2.33. The van der Waals surface area contributed by atoms with E-state index in [-0.39, 0.29) is 0 Å². The van der Waals surface area contributed by atoms with Crippen LogP contribution in [0.2, 0.25) is 0 Å². The molecule has 2 atom stereocenters. The molecule has 0 bridgehead atoms. The minimum atomic E-state index is 0.375. The molecule has 2 nitrogen and oxygen atoms in total. The van der Waals surface area contributed by atoms with Gasteiger partial charge in [-0.25, -0.2) is 4.98 Å². The number of rotatable bonds is 14. The van der Waals surface area contributed by atoms with Gasteiger partial charge in [0.15, 0.2) is 0 Å². The summed E-state index contributed by atoms with van der Waals surface area (Å²) in [5, 5.41) is 0.850. The van der Waals surface area contributed by atoms with Crippen LogP contribution in [-0.4, -0.2) is 24.6 Å². The van der Waals surface area contributed by atoms with E-state index >= 15 is 0 Å². The lowest BCUT2D eigenvalue weighted by Gasteiger charge is -2.40. The van der Waals surface area contributed by atoms with E-state index in [0.29, 0.717) is 4.08 Å². The third-order valence-corrected chi connectivity index (χ3v) is 9.14. The van der Waals surface area contributed by atoms with Crippen LogP contribution >= 0.6 is 23.5 Å². The first-order valence-corrected chi connectivity index (χ1v) is 12.9. The first-order valence-electron chi connectivity index (χ1n) is 11.1. The molecule has 0 N–H and O–H groups in total. The standard InChI is InChI=1S/C22H40N2S2/c1-3-5-6-7-8-9-10-11-12-13-15-22(19-24-17-16-23-20-24)25-18-14-21(4-2)26-22/h16-17,20-21H,3-15,18-19H2,1-2H3. The van der Waals surface area contributed by atoms with Crippen molar-refractivity contribution in [1.82, 2.24) is 9.55 Å². The maximum atomic E-state index is 4.26. The van der Waals surface area contributed by atoms with Crippen LogP contribution in [0.5, 0.6) is 0 Å². The predicted molar refractivity (Wildman–Crippen MR) is 120 cm³/mol. The largest absolute Gasteiger partial charge is 0.335 e. The van der Waals surface area contributed by atoms with Crippen LogP contribution in [0, 0.1) is 0 Å². The Morgan fingerprint density at radius 3 is 2.31 bits per heavy atom. The van der Waals surface area contributed by atoms with Crippen LogP contribution < -0.4 is 0 Å². The Morgan fingerprint density at radius 1 is 1.00 bits per heavy atom. The molecule has 0 saturated carbocycles. The predicted octanol–water partition coefficient (Wildman–Crippen LogP) is 7.54. The van der Waals surface area contributed by atoms with Crippen molar-refractivity contribution in [2.24, 2.45) is 0 Å². The molecule has 1 saturated heterocycles. The summed E-state index contributed by atoms with van der Waals surface area (Å²) in [6.07, 6.45) is 24.4. The monoisotopic (exact) mass is 396 g/mol. The van der Waals surface area contributed by atoms with Gasteiger partial charge in [-0.05, 0) is 25.0 Å². The molecule has 1 aromatic rings. The molecule has 2 heterocycles. The van der Waals surface area contributed by atoms with Gasteiger partial charge in [0.25, 0.3) is 0 Å². The minimum Gasteiger partial charge on any atom is -0.335 e. The number of nitrogens with zero attached hydrogens (tertiary/aromatic N) is 2. The highest BCUT2D eigenvalue weighted by atomic mass is 32.2. The topological polar surface area (TPSA) is 17.8 Å². The Kier molecular flexibility index (Phi) is 11.2. The molecule has 1 fully saturated rings. The van der Waals surface area contributed by atoms with E-state index in [4.69, 9.17) is 0 Å². The molecule has 0 radical (unpaired) electrons. The van der Waals surface area contributed by atoms with Crippen LogP contribution in [0.3, 0.4) is 0 Å². The van der Waals surface area contributed by atoms with E-state index in [0.717, 1.165) is 11.8 Å². The molecule has 0 amide bonds. The lowest BCUT2D eigenvalue weighted by molar-refractivity contribution is 0.517. The van der Waals surface area contributed by atoms with Crippen molar-refractivity contribution in [3.63, 3.8) is 0 Å². The van der Waals surface area contributed by atoms with Crippen molar-refractivity contribution in [3.05, 3.63) is 18.7 Å². The molecule has 2 rings (SSSR count). The molecular weight excluding hydrogens is 356 g/mol. The first kappa shape index (κ1) is 22.2. The average molecular weight is 397 g/mol.